The molecule has 1 aliphatic rings. The highest BCUT2D eigenvalue weighted by molar-refractivity contribution is 5.99. The van der Waals surface area contributed by atoms with Crippen molar-refractivity contribution in [3.8, 4) is 0 Å². The predicted octanol–water partition coefficient (Wildman–Crippen LogP) is 3.14. The number of β-lactam (4-membered cyclic amide) rings is 1. The summed E-state index contributed by atoms with van der Waals surface area (Å²) >= 11 is 0. The van der Waals surface area contributed by atoms with Gasteiger partial charge in [-0.1, -0.05) is 39.0 Å². The van der Waals surface area contributed by atoms with Gasteiger partial charge in [-0.05, 0) is 36.8 Å². The minimum atomic E-state index is -0.356. The molecule has 4 nitrogen and oxygen atoms in total. The number of carbonyl (C=O) groups excluding carboxylic acids is 2. The Morgan fingerprint density at radius 2 is 2.09 bits per heavy atom. The Kier molecular flexibility index (Phi) is 5.22. The van der Waals surface area contributed by atoms with E-state index in [1.807, 2.05) is 25.1 Å². The molecule has 0 aliphatic carbocycles. The van der Waals surface area contributed by atoms with Gasteiger partial charge in [0.1, 0.15) is 6.04 Å². The van der Waals surface area contributed by atoms with Crippen LogP contribution in [0, 0.1) is 12.8 Å². The molecular formula is C18H26N2O2. The average Bonchev–Trinajstić information content (AvgIpc) is 2.46. The lowest BCUT2D eigenvalue weighted by Gasteiger charge is -2.38. The zero-order valence-electron chi connectivity index (χ0n) is 14.0. The Balaban J connectivity index is 2.19. The first kappa shape index (κ1) is 16.5. The second-order valence-corrected chi connectivity index (χ2v) is 6.43. The summed E-state index contributed by atoms with van der Waals surface area (Å²) in [5.41, 5.74) is 3.09. The van der Waals surface area contributed by atoms with Gasteiger partial charge in [-0.2, -0.15) is 0 Å². The molecule has 0 aromatic heterocycles. The molecule has 0 bridgehead atoms. The van der Waals surface area contributed by atoms with Crippen molar-refractivity contribution in [1.82, 2.24) is 4.90 Å². The number of nitrogens with zero attached hydrogens (tertiary/aromatic N) is 1. The van der Waals surface area contributed by atoms with Gasteiger partial charge in [-0.25, -0.2) is 0 Å². The zero-order valence-corrected chi connectivity index (χ0v) is 14.0. The van der Waals surface area contributed by atoms with Crippen LogP contribution in [0.15, 0.2) is 18.2 Å². The van der Waals surface area contributed by atoms with Gasteiger partial charge in [0.05, 0.1) is 0 Å². The molecule has 1 heterocycles. The van der Waals surface area contributed by atoms with Crippen LogP contribution in [-0.2, 0) is 16.0 Å². The second kappa shape index (κ2) is 6.95. The van der Waals surface area contributed by atoms with E-state index in [-0.39, 0.29) is 17.9 Å². The van der Waals surface area contributed by atoms with E-state index in [1.165, 1.54) is 0 Å². The Labute approximate surface area is 132 Å². The molecule has 2 amide bonds. The number of hydrogen-bond acceptors (Lipinski definition) is 2. The lowest BCUT2D eigenvalue weighted by atomic mass is 9.97. The highest BCUT2D eigenvalue weighted by Crippen LogP contribution is 2.24. The van der Waals surface area contributed by atoms with E-state index in [0.29, 0.717) is 25.3 Å². The summed E-state index contributed by atoms with van der Waals surface area (Å²) in [4.78, 5) is 26.2. The standard InChI is InChI=1S/C18H26N2O2/c1-5-14-8-6-7-13(4)17(14)19-18(22)15(11-12(2)3)20-10-9-16(20)21/h6-8,12,15H,5,9-11H2,1-4H3,(H,19,22). The van der Waals surface area contributed by atoms with Crippen molar-refractivity contribution in [3.05, 3.63) is 29.3 Å². The van der Waals surface area contributed by atoms with Gasteiger partial charge in [0, 0.05) is 18.7 Å². The third-order valence-corrected chi connectivity index (χ3v) is 4.25. The van der Waals surface area contributed by atoms with Gasteiger partial charge < -0.3 is 10.2 Å². The third-order valence-electron chi connectivity index (χ3n) is 4.25. The van der Waals surface area contributed by atoms with Crippen LogP contribution < -0.4 is 5.32 Å². The molecule has 1 fully saturated rings. The number of rotatable bonds is 6. The number of amides is 2. The van der Waals surface area contributed by atoms with E-state index in [9.17, 15) is 9.59 Å². The topological polar surface area (TPSA) is 49.4 Å². The van der Waals surface area contributed by atoms with Gasteiger partial charge in [0.2, 0.25) is 11.8 Å². The fourth-order valence-corrected chi connectivity index (χ4v) is 2.89. The lowest BCUT2D eigenvalue weighted by molar-refractivity contribution is -0.147. The van der Waals surface area contributed by atoms with Crippen LogP contribution in [0.1, 0.15) is 44.7 Å². The SMILES string of the molecule is CCc1cccc(C)c1NC(=O)C(CC(C)C)N1CCC1=O. The van der Waals surface area contributed by atoms with Gasteiger partial charge >= 0.3 is 0 Å². The molecule has 4 heteroatoms. The van der Waals surface area contributed by atoms with Crippen LogP contribution in [0.4, 0.5) is 5.69 Å². The maximum Gasteiger partial charge on any atom is 0.247 e. The number of carbonyl (C=O) groups is 2. The van der Waals surface area contributed by atoms with Crippen LogP contribution in [0.5, 0.6) is 0 Å². The van der Waals surface area contributed by atoms with Crippen molar-refractivity contribution in [2.75, 3.05) is 11.9 Å². The van der Waals surface area contributed by atoms with Gasteiger partial charge in [-0.3, -0.25) is 9.59 Å². The first-order valence-electron chi connectivity index (χ1n) is 8.12. The summed E-state index contributed by atoms with van der Waals surface area (Å²) in [7, 11) is 0. The largest absolute Gasteiger partial charge is 0.330 e. The van der Waals surface area contributed by atoms with Crippen LogP contribution in [0.25, 0.3) is 0 Å². The molecule has 1 aromatic carbocycles. The van der Waals surface area contributed by atoms with Crippen LogP contribution in [0.2, 0.25) is 0 Å². The van der Waals surface area contributed by atoms with Gasteiger partial charge in [0.15, 0.2) is 0 Å². The minimum absolute atomic E-state index is 0.0641. The Morgan fingerprint density at radius 3 is 2.59 bits per heavy atom. The fraction of sp³-hybridized carbons (Fsp3) is 0.556. The summed E-state index contributed by atoms with van der Waals surface area (Å²) in [6, 6.07) is 5.69. The van der Waals surface area contributed by atoms with Crippen molar-refractivity contribution in [3.63, 3.8) is 0 Å². The van der Waals surface area contributed by atoms with Crippen molar-refractivity contribution in [2.45, 2.75) is 53.0 Å². The quantitative estimate of drug-likeness (QED) is 0.821. The maximum atomic E-state index is 12.7. The molecule has 0 radical (unpaired) electrons. The summed E-state index contributed by atoms with van der Waals surface area (Å²) in [5.74, 6) is 0.388. The molecule has 1 aromatic rings. The first-order chi connectivity index (χ1) is 10.4. The number of benzene rings is 1. The minimum Gasteiger partial charge on any atom is -0.330 e. The Bertz CT molecular complexity index is 566. The molecular weight excluding hydrogens is 276 g/mol. The monoisotopic (exact) mass is 302 g/mol. The normalized spacial score (nSPS) is 15.7. The number of para-hydroxylation sites is 1. The molecule has 1 saturated heterocycles. The lowest BCUT2D eigenvalue weighted by Crippen LogP contribution is -2.55. The van der Waals surface area contributed by atoms with Gasteiger partial charge in [0.25, 0.3) is 0 Å². The number of likely N-dealkylation sites (tertiary alicyclic amines) is 1. The van der Waals surface area contributed by atoms with E-state index in [2.05, 4.69) is 26.1 Å². The van der Waals surface area contributed by atoms with E-state index >= 15 is 0 Å². The summed E-state index contributed by atoms with van der Waals surface area (Å²) in [6.45, 7) is 8.93. The van der Waals surface area contributed by atoms with Crippen molar-refractivity contribution in [1.29, 1.82) is 0 Å². The summed E-state index contributed by atoms with van der Waals surface area (Å²) in [6.07, 6.45) is 2.13. The summed E-state index contributed by atoms with van der Waals surface area (Å²) < 4.78 is 0. The Morgan fingerprint density at radius 1 is 1.36 bits per heavy atom. The molecule has 2 rings (SSSR count). The number of hydrogen-bond donors (Lipinski definition) is 1. The average molecular weight is 302 g/mol. The fourth-order valence-electron chi connectivity index (χ4n) is 2.89. The predicted molar refractivity (Wildman–Crippen MR) is 88.8 cm³/mol. The van der Waals surface area contributed by atoms with E-state index in [1.54, 1.807) is 4.90 Å². The smallest absolute Gasteiger partial charge is 0.247 e. The number of aryl methyl sites for hydroxylation is 2. The number of anilines is 1. The zero-order chi connectivity index (χ0) is 16.3. The molecule has 1 unspecified atom stereocenters. The summed E-state index contributed by atoms with van der Waals surface area (Å²) in [5, 5.41) is 3.07. The van der Waals surface area contributed by atoms with Gasteiger partial charge in [-0.15, -0.1) is 0 Å². The van der Waals surface area contributed by atoms with E-state index in [0.717, 1.165) is 23.2 Å². The van der Waals surface area contributed by atoms with Crippen molar-refractivity contribution in [2.24, 2.45) is 5.92 Å². The molecule has 0 saturated carbocycles. The van der Waals surface area contributed by atoms with E-state index < -0.39 is 0 Å². The van der Waals surface area contributed by atoms with Crippen molar-refractivity contribution < 1.29 is 9.59 Å². The first-order valence-corrected chi connectivity index (χ1v) is 8.12. The maximum absolute atomic E-state index is 12.7. The molecule has 0 spiro atoms. The van der Waals surface area contributed by atoms with Crippen LogP contribution in [0.3, 0.4) is 0 Å². The highest BCUT2D eigenvalue weighted by Gasteiger charge is 2.36. The number of nitrogens with one attached hydrogen (secondary N) is 1. The Hall–Kier alpha value is -1.84. The van der Waals surface area contributed by atoms with Crippen molar-refractivity contribution >= 4 is 17.5 Å². The molecule has 1 atom stereocenters. The molecule has 1 N–H and O–H groups in total. The second-order valence-electron chi connectivity index (χ2n) is 6.43. The highest BCUT2D eigenvalue weighted by atomic mass is 16.2. The van der Waals surface area contributed by atoms with Crippen LogP contribution in [-0.4, -0.2) is 29.3 Å². The van der Waals surface area contributed by atoms with Crippen LogP contribution >= 0.6 is 0 Å². The molecule has 1 aliphatic heterocycles. The third kappa shape index (κ3) is 3.49. The molecule has 120 valence electrons. The molecule has 22 heavy (non-hydrogen) atoms. The van der Waals surface area contributed by atoms with E-state index in [4.69, 9.17) is 0 Å².